The molecule has 1 aliphatic rings. The van der Waals surface area contributed by atoms with E-state index in [-0.39, 0.29) is 5.75 Å². The van der Waals surface area contributed by atoms with Gasteiger partial charge in [-0.2, -0.15) is 0 Å². The van der Waals surface area contributed by atoms with Gasteiger partial charge in [-0.3, -0.25) is 4.99 Å². The van der Waals surface area contributed by atoms with Gasteiger partial charge in [-0.25, -0.2) is 0 Å². The van der Waals surface area contributed by atoms with Crippen molar-refractivity contribution in [1.82, 2.24) is 0 Å². The minimum Gasteiger partial charge on any atom is -0.504 e. The second-order valence-electron chi connectivity index (χ2n) is 5.07. The minimum atomic E-state index is 0.0902. The van der Waals surface area contributed by atoms with E-state index >= 15 is 0 Å². The molecule has 1 aliphatic heterocycles. The number of ether oxygens (including phenoxy) is 3. The number of aliphatic imine (C=N–C) groups is 1. The predicted molar refractivity (Wildman–Crippen MR) is 88.6 cm³/mol. The van der Waals surface area contributed by atoms with Gasteiger partial charge in [0.25, 0.3) is 0 Å². The first-order chi connectivity index (χ1) is 11.3. The molecule has 0 spiro atoms. The van der Waals surface area contributed by atoms with Crippen molar-refractivity contribution in [3.05, 3.63) is 42.0 Å². The Hall–Kier alpha value is -2.69. The van der Waals surface area contributed by atoms with E-state index < -0.39 is 0 Å². The van der Waals surface area contributed by atoms with Crippen molar-refractivity contribution in [2.24, 2.45) is 4.99 Å². The SMILES string of the molecule is CCOc1cccc(C=Nc2ccc3c(c2)OCCCO3)c1O. The van der Waals surface area contributed by atoms with Crippen molar-refractivity contribution < 1.29 is 19.3 Å². The van der Waals surface area contributed by atoms with Crippen LogP contribution in [0.4, 0.5) is 5.69 Å². The number of nitrogens with zero attached hydrogens (tertiary/aromatic N) is 1. The van der Waals surface area contributed by atoms with Crippen LogP contribution >= 0.6 is 0 Å². The number of fused-ring (bicyclic) bond motifs is 1. The Bertz CT molecular complexity index is 712. The molecule has 0 aliphatic carbocycles. The Kier molecular flexibility index (Phi) is 4.66. The van der Waals surface area contributed by atoms with E-state index in [9.17, 15) is 5.11 Å². The van der Waals surface area contributed by atoms with Gasteiger partial charge < -0.3 is 19.3 Å². The molecule has 3 rings (SSSR count). The van der Waals surface area contributed by atoms with Crippen molar-refractivity contribution in [2.75, 3.05) is 19.8 Å². The molecule has 0 radical (unpaired) electrons. The second-order valence-corrected chi connectivity index (χ2v) is 5.07. The number of aromatic hydroxyl groups is 1. The summed E-state index contributed by atoms with van der Waals surface area (Å²) in [5, 5.41) is 10.2. The summed E-state index contributed by atoms with van der Waals surface area (Å²) < 4.78 is 16.6. The fourth-order valence-electron chi connectivity index (χ4n) is 2.29. The van der Waals surface area contributed by atoms with Crippen LogP contribution in [0.3, 0.4) is 0 Å². The van der Waals surface area contributed by atoms with Crippen LogP contribution < -0.4 is 14.2 Å². The quantitative estimate of drug-likeness (QED) is 0.874. The first kappa shape index (κ1) is 15.2. The van der Waals surface area contributed by atoms with Gasteiger partial charge in [0.05, 0.1) is 25.5 Å². The summed E-state index contributed by atoms with van der Waals surface area (Å²) in [6.45, 7) is 3.67. The first-order valence-electron chi connectivity index (χ1n) is 7.66. The highest BCUT2D eigenvalue weighted by atomic mass is 16.5. The number of para-hydroxylation sites is 1. The summed E-state index contributed by atoms with van der Waals surface area (Å²) in [6, 6.07) is 10.9. The van der Waals surface area contributed by atoms with E-state index in [0.717, 1.165) is 17.9 Å². The summed E-state index contributed by atoms with van der Waals surface area (Å²) >= 11 is 0. The maximum absolute atomic E-state index is 10.2. The van der Waals surface area contributed by atoms with Gasteiger partial charge in [-0.05, 0) is 31.2 Å². The highest BCUT2D eigenvalue weighted by Crippen LogP contribution is 2.34. The Labute approximate surface area is 135 Å². The van der Waals surface area contributed by atoms with Crippen LogP contribution in [0.2, 0.25) is 0 Å². The van der Waals surface area contributed by atoms with Gasteiger partial charge >= 0.3 is 0 Å². The third-order valence-corrected chi connectivity index (χ3v) is 3.41. The summed E-state index contributed by atoms with van der Waals surface area (Å²) in [6.07, 6.45) is 2.47. The van der Waals surface area contributed by atoms with Crippen molar-refractivity contribution in [3.8, 4) is 23.0 Å². The number of benzene rings is 2. The molecule has 120 valence electrons. The summed E-state index contributed by atoms with van der Waals surface area (Å²) in [4.78, 5) is 4.40. The molecule has 0 saturated heterocycles. The molecule has 5 heteroatoms. The number of phenolic OH excluding ortho intramolecular Hbond substituents is 1. The van der Waals surface area contributed by atoms with Crippen LogP contribution in [0.25, 0.3) is 0 Å². The molecule has 0 atom stereocenters. The van der Waals surface area contributed by atoms with Gasteiger partial charge in [0.2, 0.25) is 0 Å². The summed E-state index contributed by atoms with van der Waals surface area (Å²) in [7, 11) is 0. The van der Waals surface area contributed by atoms with Crippen molar-refractivity contribution in [1.29, 1.82) is 0 Å². The van der Waals surface area contributed by atoms with Crippen LogP contribution in [0.5, 0.6) is 23.0 Å². The zero-order valence-corrected chi connectivity index (χ0v) is 13.0. The number of hydrogen-bond acceptors (Lipinski definition) is 5. The molecule has 1 heterocycles. The normalized spacial score (nSPS) is 13.8. The summed E-state index contributed by atoms with van der Waals surface area (Å²) in [5.74, 6) is 1.98. The van der Waals surface area contributed by atoms with E-state index in [2.05, 4.69) is 4.99 Å². The van der Waals surface area contributed by atoms with Gasteiger partial charge in [0, 0.05) is 24.3 Å². The van der Waals surface area contributed by atoms with Crippen molar-refractivity contribution >= 4 is 11.9 Å². The lowest BCUT2D eigenvalue weighted by atomic mass is 10.2. The van der Waals surface area contributed by atoms with E-state index in [0.29, 0.717) is 36.9 Å². The second kappa shape index (κ2) is 7.05. The number of hydrogen-bond donors (Lipinski definition) is 1. The van der Waals surface area contributed by atoms with Gasteiger partial charge in [0.1, 0.15) is 0 Å². The van der Waals surface area contributed by atoms with Crippen LogP contribution in [-0.2, 0) is 0 Å². The van der Waals surface area contributed by atoms with E-state index in [1.54, 1.807) is 18.3 Å². The van der Waals surface area contributed by atoms with Crippen LogP contribution in [0.1, 0.15) is 18.9 Å². The zero-order valence-electron chi connectivity index (χ0n) is 13.0. The molecule has 23 heavy (non-hydrogen) atoms. The van der Waals surface area contributed by atoms with E-state index in [1.165, 1.54) is 0 Å². The Morgan fingerprint density at radius 3 is 2.83 bits per heavy atom. The van der Waals surface area contributed by atoms with Crippen LogP contribution in [0.15, 0.2) is 41.4 Å². The maximum atomic E-state index is 10.2. The van der Waals surface area contributed by atoms with Crippen LogP contribution in [0, 0.1) is 0 Å². The third kappa shape index (κ3) is 3.56. The molecule has 0 bridgehead atoms. The Balaban J connectivity index is 1.83. The molecule has 0 unspecified atom stereocenters. The predicted octanol–water partition coefficient (Wildman–Crippen LogP) is 3.70. The molecule has 0 saturated carbocycles. The molecular weight excluding hydrogens is 294 g/mol. The molecule has 0 amide bonds. The van der Waals surface area contributed by atoms with Gasteiger partial charge in [-0.15, -0.1) is 0 Å². The average Bonchev–Trinajstić information content (AvgIpc) is 2.80. The lowest BCUT2D eigenvalue weighted by Gasteiger charge is -2.08. The number of rotatable bonds is 4. The minimum absolute atomic E-state index is 0.0902. The topological polar surface area (TPSA) is 60.3 Å². The monoisotopic (exact) mass is 313 g/mol. The largest absolute Gasteiger partial charge is 0.504 e. The lowest BCUT2D eigenvalue weighted by Crippen LogP contribution is -1.97. The van der Waals surface area contributed by atoms with Crippen LogP contribution in [-0.4, -0.2) is 31.1 Å². The van der Waals surface area contributed by atoms with Crippen molar-refractivity contribution in [3.63, 3.8) is 0 Å². The molecular formula is C18H19NO4. The van der Waals surface area contributed by atoms with E-state index in [4.69, 9.17) is 14.2 Å². The average molecular weight is 313 g/mol. The van der Waals surface area contributed by atoms with Gasteiger partial charge in [0.15, 0.2) is 23.0 Å². The highest BCUT2D eigenvalue weighted by molar-refractivity contribution is 5.86. The molecule has 1 N–H and O–H groups in total. The highest BCUT2D eigenvalue weighted by Gasteiger charge is 2.10. The molecule has 5 nitrogen and oxygen atoms in total. The molecule has 2 aromatic rings. The van der Waals surface area contributed by atoms with E-state index in [1.807, 2.05) is 31.2 Å². The van der Waals surface area contributed by atoms with Gasteiger partial charge in [-0.1, -0.05) is 6.07 Å². The Morgan fingerprint density at radius 2 is 2.00 bits per heavy atom. The first-order valence-corrected chi connectivity index (χ1v) is 7.66. The maximum Gasteiger partial charge on any atom is 0.166 e. The molecule has 2 aromatic carbocycles. The smallest absolute Gasteiger partial charge is 0.166 e. The summed E-state index contributed by atoms with van der Waals surface area (Å²) in [5.41, 5.74) is 1.33. The zero-order chi connectivity index (χ0) is 16.1. The fourth-order valence-corrected chi connectivity index (χ4v) is 2.29. The molecule has 0 aromatic heterocycles. The fraction of sp³-hybridized carbons (Fsp3) is 0.278. The Morgan fingerprint density at radius 1 is 1.17 bits per heavy atom. The number of phenols is 1. The van der Waals surface area contributed by atoms with Crippen molar-refractivity contribution in [2.45, 2.75) is 13.3 Å². The lowest BCUT2D eigenvalue weighted by molar-refractivity contribution is 0.297. The third-order valence-electron chi connectivity index (χ3n) is 3.41. The standard InChI is InChI=1S/C18H19NO4/c1-2-21-16-6-3-5-13(18(16)20)12-19-14-7-8-15-17(11-14)23-10-4-9-22-15/h3,5-8,11-12,20H,2,4,9-10H2,1H3. The molecule has 0 fully saturated rings.